The summed E-state index contributed by atoms with van der Waals surface area (Å²) in [5, 5.41) is 3.41. The number of hydrogen-bond acceptors (Lipinski definition) is 3. The molecule has 0 bridgehead atoms. The molecule has 3 N–H and O–H groups in total. The highest BCUT2D eigenvalue weighted by molar-refractivity contribution is 5.73. The van der Waals surface area contributed by atoms with Crippen molar-refractivity contribution in [1.29, 1.82) is 0 Å². The van der Waals surface area contributed by atoms with Crippen molar-refractivity contribution in [3.8, 4) is 5.75 Å². The monoisotopic (exact) mass is 220 g/mol. The van der Waals surface area contributed by atoms with E-state index >= 15 is 0 Å². The van der Waals surface area contributed by atoms with Crippen LogP contribution in [-0.4, -0.2) is 13.2 Å². The van der Waals surface area contributed by atoms with Crippen LogP contribution in [0.15, 0.2) is 18.2 Å². The third-order valence-corrected chi connectivity index (χ3v) is 3.18. The molecular formula is C13H20N2O. The summed E-state index contributed by atoms with van der Waals surface area (Å²) in [4.78, 5) is 0. The molecule has 16 heavy (non-hydrogen) atoms. The van der Waals surface area contributed by atoms with Crippen LogP contribution in [0.25, 0.3) is 0 Å². The highest BCUT2D eigenvalue weighted by atomic mass is 16.5. The van der Waals surface area contributed by atoms with Gasteiger partial charge < -0.3 is 15.8 Å². The molecule has 1 aromatic rings. The van der Waals surface area contributed by atoms with E-state index in [4.69, 9.17) is 10.5 Å². The Morgan fingerprint density at radius 2 is 2.19 bits per heavy atom. The van der Waals surface area contributed by atoms with Crippen LogP contribution in [0, 0.1) is 5.41 Å². The minimum Gasteiger partial charge on any atom is -0.492 e. The third-order valence-electron chi connectivity index (χ3n) is 3.18. The lowest BCUT2D eigenvalue weighted by molar-refractivity contribution is 0.342. The maximum absolute atomic E-state index is 6.03. The zero-order chi connectivity index (χ0) is 11.6. The summed E-state index contributed by atoms with van der Waals surface area (Å²) < 4.78 is 5.46. The zero-order valence-corrected chi connectivity index (χ0v) is 10.0. The van der Waals surface area contributed by atoms with Gasteiger partial charge in [-0.2, -0.15) is 0 Å². The standard InChI is InChI=1S/C13H20N2O/c1-3-16-11-6-4-5-10(12(11)14)15-9-13(2)7-8-13/h4-6,15H,3,7-9,14H2,1-2H3. The van der Waals surface area contributed by atoms with E-state index in [0.29, 0.717) is 17.7 Å². The van der Waals surface area contributed by atoms with E-state index in [1.165, 1.54) is 12.8 Å². The van der Waals surface area contributed by atoms with Gasteiger partial charge in [-0.15, -0.1) is 0 Å². The Bertz CT molecular complexity index is 372. The Morgan fingerprint density at radius 1 is 1.44 bits per heavy atom. The Labute approximate surface area is 97.0 Å². The summed E-state index contributed by atoms with van der Waals surface area (Å²) in [6.45, 7) is 5.89. The van der Waals surface area contributed by atoms with Gasteiger partial charge in [0.05, 0.1) is 18.0 Å². The first-order chi connectivity index (χ1) is 7.64. The highest BCUT2D eigenvalue weighted by Crippen LogP contribution is 2.45. The lowest BCUT2D eigenvalue weighted by Crippen LogP contribution is -2.13. The third kappa shape index (κ3) is 2.40. The second kappa shape index (κ2) is 4.24. The molecule has 3 heteroatoms. The molecule has 1 fully saturated rings. The van der Waals surface area contributed by atoms with Gasteiger partial charge >= 0.3 is 0 Å². The quantitative estimate of drug-likeness (QED) is 0.750. The van der Waals surface area contributed by atoms with Crippen LogP contribution in [0.3, 0.4) is 0 Å². The first-order valence-corrected chi connectivity index (χ1v) is 5.90. The molecule has 88 valence electrons. The lowest BCUT2D eigenvalue weighted by atomic mass is 10.1. The van der Waals surface area contributed by atoms with E-state index in [1.807, 2.05) is 25.1 Å². The molecular weight excluding hydrogens is 200 g/mol. The summed E-state index contributed by atoms with van der Waals surface area (Å²) in [6.07, 6.45) is 2.62. The molecule has 1 saturated carbocycles. The molecule has 0 saturated heterocycles. The van der Waals surface area contributed by atoms with Crippen LogP contribution >= 0.6 is 0 Å². The SMILES string of the molecule is CCOc1cccc(NCC2(C)CC2)c1N. The average molecular weight is 220 g/mol. The average Bonchev–Trinajstić information content (AvgIpc) is 2.99. The number of para-hydroxylation sites is 1. The Kier molecular flexibility index (Phi) is 2.95. The van der Waals surface area contributed by atoms with E-state index in [2.05, 4.69) is 12.2 Å². The topological polar surface area (TPSA) is 47.3 Å². The molecule has 0 heterocycles. The molecule has 1 aliphatic carbocycles. The first-order valence-electron chi connectivity index (χ1n) is 5.90. The van der Waals surface area contributed by atoms with Gasteiger partial charge in [-0.05, 0) is 37.3 Å². The predicted octanol–water partition coefficient (Wildman–Crippen LogP) is 2.88. The summed E-state index contributed by atoms with van der Waals surface area (Å²) in [7, 11) is 0. The smallest absolute Gasteiger partial charge is 0.144 e. The summed E-state index contributed by atoms with van der Waals surface area (Å²) in [6, 6.07) is 5.88. The van der Waals surface area contributed by atoms with Crippen molar-refractivity contribution in [3.63, 3.8) is 0 Å². The van der Waals surface area contributed by atoms with E-state index < -0.39 is 0 Å². The summed E-state index contributed by atoms with van der Waals surface area (Å²) in [5.74, 6) is 0.772. The number of anilines is 2. The van der Waals surface area contributed by atoms with Crippen molar-refractivity contribution in [2.24, 2.45) is 5.41 Å². The maximum atomic E-state index is 6.03. The predicted molar refractivity (Wildman–Crippen MR) is 67.9 cm³/mol. The number of benzene rings is 1. The highest BCUT2D eigenvalue weighted by Gasteiger charge is 2.36. The molecule has 2 rings (SSSR count). The van der Waals surface area contributed by atoms with E-state index in [9.17, 15) is 0 Å². The Morgan fingerprint density at radius 3 is 2.81 bits per heavy atom. The molecule has 0 aromatic heterocycles. The largest absolute Gasteiger partial charge is 0.492 e. The minimum absolute atomic E-state index is 0.480. The van der Waals surface area contributed by atoms with Crippen molar-refractivity contribution >= 4 is 11.4 Å². The number of nitrogens with one attached hydrogen (secondary N) is 1. The van der Waals surface area contributed by atoms with Crippen molar-refractivity contribution < 1.29 is 4.74 Å². The fourth-order valence-corrected chi connectivity index (χ4v) is 1.68. The van der Waals surface area contributed by atoms with E-state index in [1.54, 1.807) is 0 Å². The van der Waals surface area contributed by atoms with Crippen molar-refractivity contribution in [1.82, 2.24) is 0 Å². The maximum Gasteiger partial charge on any atom is 0.144 e. The van der Waals surface area contributed by atoms with Gasteiger partial charge in [-0.3, -0.25) is 0 Å². The van der Waals surface area contributed by atoms with Crippen LogP contribution in [0.4, 0.5) is 11.4 Å². The van der Waals surface area contributed by atoms with Crippen molar-refractivity contribution in [2.45, 2.75) is 26.7 Å². The van der Waals surface area contributed by atoms with E-state index in [-0.39, 0.29) is 0 Å². The minimum atomic E-state index is 0.480. The number of rotatable bonds is 5. The fourth-order valence-electron chi connectivity index (χ4n) is 1.68. The molecule has 3 nitrogen and oxygen atoms in total. The molecule has 1 aromatic carbocycles. The van der Waals surface area contributed by atoms with Gasteiger partial charge in [0.2, 0.25) is 0 Å². The summed E-state index contributed by atoms with van der Waals surface area (Å²) >= 11 is 0. The lowest BCUT2D eigenvalue weighted by Gasteiger charge is -2.15. The number of nitrogen functional groups attached to an aromatic ring is 1. The van der Waals surface area contributed by atoms with Gasteiger partial charge in [0.15, 0.2) is 0 Å². The van der Waals surface area contributed by atoms with E-state index in [0.717, 1.165) is 18.0 Å². The number of ether oxygens (including phenoxy) is 1. The van der Waals surface area contributed by atoms with Gasteiger partial charge in [-0.25, -0.2) is 0 Å². The van der Waals surface area contributed by atoms with Crippen LogP contribution in [0.2, 0.25) is 0 Å². The molecule has 1 aliphatic rings. The van der Waals surface area contributed by atoms with Gasteiger partial charge in [-0.1, -0.05) is 13.0 Å². The van der Waals surface area contributed by atoms with Gasteiger partial charge in [0.1, 0.15) is 5.75 Å². The van der Waals surface area contributed by atoms with Crippen LogP contribution in [-0.2, 0) is 0 Å². The molecule has 0 unspecified atom stereocenters. The zero-order valence-electron chi connectivity index (χ0n) is 10.0. The Balaban J connectivity index is 2.05. The molecule has 0 amide bonds. The van der Waals surface area contributed by atoms with Crippen molar-refractivity contribution in [2.75, 3.05) is 24.2 Å². The summed E-state index contributed by atoms with van der Waals surface area (Å²) in [5.41, 5.74) is 8.21. The molecule has 0 radical (unpaired) electrons. The fraction of sp³-hybridized carbons (Fsp3) is 0.538. The van der Waals surface area contributed by atoms with Crippen LogP contribution < -0.4 is 15.8 Å². The van der Waals surface area contributed by atoms with Crippen LogP contribution in [0.1, 0.15) is 26.7 Å². The number of nitrogens with two attached hydrogens (primary N) is 1. The second-order valence-corrected chi connectivity index (χ2v) is 4.81. The first kappa shape index (κ1) is 11.1. The second-order valence-electron chi connectivity index (χ2n) is 4.81. The van der Waals surface area contributed by atoms with Crippen LogP contribution in [0.5, 0.6) is 5.75 Å². The number of hydrogen-bond donors (Lipinski definition) is 2. The van der Waals surface area contributed by atoms with Gasteiger partial charge in [0.25, 0.3) is 0 Å². The van der Waals surface area contributed by atoms with Gasteiger partial charge in [0, 0.05) is 6.54 Å². The molecule has 0 spiro atoms. The Hall–Kier alpha value is -1.38. The normalized spacial score (nSPS) is 16.9. The molecule has 0 aliphatic heterocycles. The molecule has 0 atom stereocenters. The van der Waals surface area contributed by atoms with Crippen molar-refractivity contribution in [3.05, 3.63) is 18.2 Å².